The summed E-state index contributed by atoms with van der Waals surface area (Å²) in [5, 5.41) is 7.58. The number of halogens is 1. The van der Waals surface area contributed by atoms with Gasteiger partial charge in [0.1, 0.15) is 18.0 Å². The molecule has 0 fully saturated rings. The minimum atomic E-state index is -0.350. The Balaban J connectivity index is 1.69. The highest BCUT2D eigenvalue weighted by atomic mass is 35.5. The van der Waals surface area contributed by atoms with Crippen molar-refractivity contribution in [1.82, 2.24) is 19.2 Å². The molecule has 10 heteroatoms. The van der Waals surface area contributed by atoms with E-state index in [1.54, 1.807) is 61.1 Å². The molecule has 0 spiro atoms. The van der Waals surface area contributed by atoms with Gasteiger partial charge in [0.05, 0.1) is 24.9 Å². The van der Waals surface area contributed by atoms with Crippen LogP contribution >= 0.6 is 11.6 Å². The third-order valence-electron chi connectivity index (χ3n) is 4.90. The summed E-state index contributed by atoms with van der Waals surface area (Å²) < 4.78 is 13.3. The molecule has 0 bridgehead atoms. The molecule has 1 amide bonds. The third-order valence-corrected chi connectivity index (χ3v) is 5.23. The first kappa shape index (κ1) is 21.4. The predicted molar refractivity (Wildman–Crippen MR) is 121 cm³/mol. The van der Waals surface area contributed by atoms with E-state index < -0.39 is 0 Å². The maximum atomic E-state index is 12.8. The average molecular weight is 454 g/mol. The SMILES string of the molecule is COc1ccc(NC(=O)Cn2c(C)cc(=O)n3nc(-c4ccccc4Cl)nc23)c(OC)c1. The monoisotopic (exact) mass is 453 g/mol. The third kappa shape index (κ3) is 4.02. The molecule has 4 aromatic rings. The number of rotatable bonds is 6. The Morgan fingerprint density at radius 1 is 1.12 bits per heavy atom. The lowest BCUT2D eigenvalue weighted by Gasteiger charge is -2.14. The van der Waals surface area contributed by atoms with Crippen LogP contribution in [-0.4, -0.2) is 39.3 Å². The zero-order valence-corrected chi connectivity index (χ0v) is 18.4. The van der Waals surface area contributed by atoms with Crippen LogP contribution in [0, 0.1) is 6.92 Å². The van der Waals surface area contributed by atoms with Gasteiger partial charge in [0.2, 0.25) is 11.7 Å². The molecule has 164 valence electrons. The van der Waals surface area contributed by atoms with Crippen molar-refractivity contribution in [2.75, 3.05) is 19.5 Å². The summed E-state index contributed by atoms with van der Waals surface area (Å²) in [4.78, 5) is 29.8. The molecular formula is C22H20ClN5O4. The van der Waals surface area contributed by atoms with Gasteiger partial charge in [-0.25, -0.2) is 0 Å². The van der Waals surface area contributed by atoms with Crippen molar-refractivity contribution in [2.45, 2.75) is 13.5 Å². The van der Waals surface area contributed by atoms with Gasteiger partial charge in [-0.15, -0.1) is 5.10 Å². The first-order chi connectivity index (χ1) is 15.4. The molecule has 2 heterocycles. The molecule has 32 heavy (non-hydrogen) atoms. The van der Waals surface area contributed by atoms with Gasteiger partial charge in [-0.05, 0) is 31.2 Å². The second kappa shape index (κ2) is 8.72. The van der Waals surface area contributed by atoms with E-state index in [0.717, 1.165) is 4.52 Å². The average Bonchev–Trinajstić information content (AvgIpc) is 3.23. The van der Waals surface area contributed by atoms with Crippen molar-refractivity contribution in [3.8, 4) is 22.9 Å². The molecule has 0 saturated carbocycles. The number of benzene rings is 2. The number of aryl methyl sites for hydroxylation is 1. The van der Waals surface area contributed by atoms with Crippen LogP contribution in [0.4, 0.5) is 5.69 Å². The molecule has 2 aromatic heterocycles. The van der Waals surface area contributed by atoms with Gasteiger partial charge >= 0.3 is 0 Å². The van der Waals surface area contributed by atoms with E-state index in [-0.39, 0.29) is 23.8 Å². The lowest BCUT2D eigenvalue weighted by Crippen LogP contribution is -2.25. The van der Waals surface area contributed by atoms with Crippen LogP contribution in [0.3, 0.4) is 0 Å². The molecule has 9 nitrogen and oxygen atoms in total. The molecule has 4 rings (SSSR count). The summed E-state index contributed by atoms with van der Waals surface area (Å²) >= 11 is 6.26. The van der Waals surface area contributed by atoms with E-state index in [4.69, 9.17) is 21.1 Å². The number of methoxy groups -OCH3 is 2. The lowest BCUT2D eigenvalue weighted by molar-refractivity contribution is -0.116. The molecular weight excluding hydrogens is 434 g/mol. The van der Waals surface area contributed by atoms with Gasteiger partial charge in [-0.2, -0.15) is 9.50 Å². The summed E-state index contributed by atoms with van der Waals surface area (Å²) in [6.07, 6.45) is 0. The van der Waals surface area contributed by atoms with Crippen molar-refractivity contribution in [2.24, 2.45) is 0 Å². The number of nitrogens with zero attached hydrogens (tertiary/aromatic N) is 4. The van der Waals surface area contributed by atoms with Gasteiger partial charge in [-0.1, -0.05) is 23.7 Å². The van der Waals surface area contributed by atoms with Gasteiger partial charge in [0.25, 0.3) is 5.56 Å². The van der Waals surface area contributed by atoms with E-state index in [1.165, 1.54) is 13.2 Å². The van der Waals surface area contributed by atoms with E-state index in [0.29, 0.717) is 39.3 Å². The van der Waals surface area contributed by atoms with Crippen LogP contribution in [0.25, 0.3) is 17.2 Å². The zero-order valence-electron chi connectivity index (χ0n) is 17.6. The van der Waals surface area contributed by atoms with Crippen molar-refractivity contribution < 1.29 is 14.3 Å². The van der Waals surface area contributed by atoms with Crippen LogP contribution in [0.15, 0.2) is 53.3 Å². The number of hydrogen-bond acceptors (Lipinski definition) is 6. The molecule has 0 aliphatic rings. The Morgan fingerprint density at radius 3 is 2.62 bits per heavy atom. The van der Waals surface area contributed by atoms with Crippen LogP contribution in [-0.2, 0) is 11.3 Å². The Bertz CT molecular complexity index is 1380. The highest BCUT2D eigenvalue weighted by Crippen LogP contribution is 2.29. The Kier molecular flexibility index (Phi) is 5.83. The van der Waals surface area contributed by atoms with Gasteiger partial charge in [0, 0.05) is 23.4 Å². The van der Waals surface area contributed by atoms with E-state index in [9.17, 15) is 9.59 Å². The normalized spacial score (nSPS) is 10.9. The smallest absolute Gasteiger partial charge is 0.275 e. The van der Waals surface area contributed by atoms with Crippen molar-refractivity contribution in [1.29, 1.82) is 0 Å². The van der Waals surface area contributed by atoms with Crippen LogP contribution in [0.5, 0.6) is 11.5 Å². The molecule has 0 aliphatic heterocycles. The molecule has 0 unspecified atom stereocenters. The molecule has 0 atom stereocenters. The highest BCUT2D eigenvalue weighted by Gasteiger charge is 2.17. The summed E-state index contributed by atoms with van der Waals surface area (Å²) in [6, 6.07) is 13.6. The van der Waals surface area contributed by atoms with E-state index in [1.807, 2.05) is 0 Å². The number of fused-ring (bicyclic) bond motifs is 1. The van der Waals surface area contributed by atoms with Gasteiger partial charge in [-0.3, -0.25) is 9.59 Å². The molecule has 0 aliphatic carbocycles. The number of carbonyl (C=O) groups excluding carboxylic acids is 1. The minimum Gasteiger partial charge on any atom is -0.497 e. The summed E-state index contributed by atoms with van der Waals surface area (Å²) in [5.41, 5.74) is 1.30. The van der Waals surface area contributed by atoms with E-state index in [2.05, 4.69) is 15.4 Å². The zero-order chi connectivity index (χ0) is 22.8. The number of anilines is 1. The highest BCUT2D eigenvalue weighted by molar-refractivity contribution is 6.33. The first-order valence-electron chi connectivity index (χ1n) is 9.65. The number of aromatic nitrogens is 4. The fraction of sp³-hybridized carbons (Fsp3) is 0.182. The largest absolute Gasteiger partial charge is 0.497 e. The maximum Gasteiger partial charge on any atom is 0.275 e. The Hall–Kier alpha value is -3.85. The predicted octanol–water partition coefficient (Wildman–Crippen LogP) is 3.18. The topological polar surface area (TPSA) is 99.8 Å². The molecule has 0 radical (unpaired) electrons. The summed E-state index contributed by atoms with van der Waals surface area (Å²) in [6.45, 7) is 1.64. The number of carbonyl (C=O) groups is 1. The minimum absolute atomic E-state index is 0.0918. The van der Waals surface area contributed by atoms with Crippen molar-refractivity contribution in [3.63, 3.8) is 0 Å². The quantitative estimate of drug-likeness (QED) is 0.481. The molecule has 2 aromatic carbocycles. The lowest BCUT2D eigenvalue weighted by atomic mass is 10.2. The first-order valence-corrected chi connectivity index (χ1v) is 10.0. The van der Waals surface area contributed by atoms with Crippen LogP contribution in [0.1, 0.15) is 5.69 Å². The molecule has 1 N–H and O–H groups in total. The summed E-state index contributed by atoms with van der Waals surface area (Å²) in [5.74, 6) is 1.27. The van der Waals surface area contributed by atoms with Crippen molar-refractivity contribution >= 4 is 29.0 Å². The second-order valence-electron chi connectivity index (χ2n) is 6.95. The van der Waals surface area contributed by atoms with Crippen LogP contribution < -0.4 is 20.3 Å². The second-order valence-corrected chi connectivity index (χ2v) is 7.36. The van der Waals surface area contributed by atoms with Crippen LogP contribution in [0.2, 0.25) is 5.02 Å². The number of nitrogens with one attached hydrogen (secondary N) is 1. The number of ether oxygens (including phenoxy) is 2. The number of amides is 1. The Labute approximate surface area is 188 Å². The van der Waals surface area contributed by atoms with E-state index >= 15 is 0 Å². The fourth-order valence-corrected chi connectivity index (χ4v) is 3.51. The standard InChI is InChI=1S/C22H20ClN5O4/c1-13-10-20(30)28-22(25-21(26-28)15-6-4-5-7-16(15)23)27(13)12-19(29)24-17-9-8-14(31-2)11-18(17)32-3/h4-11H,12H2,1-3H3,(H,24,29). The van der Waals surface area contributed by atoms with Crippen molar-refractivity contribution in [3.05, 3.63) is 69.6 Å². The summed E-state index contributed by atoms with van der Waals surface area (Å²) in [7, 11) is 3.05. The van der Waals surface area contributed by atoms with Gasteiger partial charge in [0.15, 0.2) is 5.82 Å². The number of hydrogen-bond donors (Lipinski definition) is 1. The maximum absolute atomic E-state index is 12.8. The molecule has 0 saturated heterocycles. The fourth-order valence-electron chi connectivity index (χ4n) is 3.29. The van der Waals surface area contributed by atoms with Gasteiger partial charge < -0.3 is 19.4 Å². The Morgan fingerprint density at radius 2 is 1.91 bits per heavy atom.